The highest BCUT2D eigenvalue weighted by Gasteiger charge is 2.56. The van der Waals surface area contributed by atoms with Crippen LogP contribution in [0.5, 0.6) is 0 Å². The third kappa shape index (κ3) is 5.25. The maximum absolute atomic E-state index is 4.70. The van der Waals surface area contributed by atoms with Crippen molar-refractivity contribution in [2.75, 3.05) is 7.11 Å². The van der Waals surface area contributed by atoms with Crippen molar-refractivity contribution in [3.05, 3.63) is 36.6 Å². The zero-order valence-electron chi connectivity index (χ0n) is 21.0. The normalized spacial score (nSPS) is 38.8. The lowest BCUT2D eigenvalue weighted by Gasteiger charge is -2.56. The Labute approximate surface area is 188 Å². The smallest absolute Gasteiger partial charge is 0.0881 e. The van der Waals surface area contributed by atoms with Crippen molar-refractivity contribution in [1.29, 1.82) is 0 Å². The Morgan fingerprint density at radius 2 is 1.97 bits per heavy atom. The number of ether oxygens (including phenoxy) is 1. The number of hydrogen-bond acceptors (Lipinski definition) is 1. The van der Waals surface area contributed by atoms with Crippen molar-refractivity contribution in [1.82, 2.24) is 0 Å². The third-order valence-corrected chi connectivity index (χ3v) is 9.01. The topological polar surface area (TPSA) is 9.23 Å². The molecule has 1 heteroatoms. The van der Waals surface area contributed by atoms with E-state index in [9.17, 15) is 0 Å². The van der Waals surface area contributed by atoms with Crippen LogP contribution in [-0.4, -0.2) is 7.11 Å². The van der Waals surface area contributed by atoms with Crippen LogP contribution in [0.25, 0.3) is 0 Å². The van der Waals surface area contributed by atoms with Gasteiger partial charge in [0.2, 0.25) is 0 Å². The summed E-state index contributed by atoms with van der Waals surface area (Å²) in [5.74, 6) is 6.57. The van der Waals surface area contributed by atoms with Gasteiger partial charge in [-0.05, 0) is 79.4 Å². The lowest BCUT2D eigenvalue weighted by atomic mass is 9.49. The molecule has 172 valence electrons. The summed E-state index contributed by atoms with van der Waals surface area (Å²) in [6.45, 7) is 19.4. The van der Waals surface area contributed by atoms with E-state index in [1.54, 1.807) is 12.7 Å². The predicted octanol–water partition coefficient (Wildman–Crippen LogP) is 8.97. The molecule has 0 saturated heterocycles. The number of rotatable bonds is 7. The highest BCUT2D eigenvalue weighted by atomic mass is 16.5. The van der Waals surface area contributed by atoms with Crippen LogP contribution in [0.15, 0.2) is 36.6 Å². The molecule has 7 atom stereocenters. The minimum atomic E-state index is 0.699. The molecule has 0 aromatic rings. The molecule has 0 bridgehead atoms. The summed E-state index contributed by atoms with van der Waals surface area (Å²) in [4.78, 5) is 0. The molecule has 0 spiro atoms. The van der Waals surface area contributed by atoms with Gasteiger partial charge in [0, 0.05) is 6.42 Å². The quantitative estimate of drug-likeness (QED) is 0.378. The van der Waals surface area contributed by atoms with E-state index in [0.717, 1.165) is 47.7 Å². The maximum Gasteiger partial charge on any atom is 0.0881 e. The fourth-order valence-corrected chi connectivity index (χ4v) is 7.62. The molecule has 6 unspecified atom stereocenters. The van der Waals surface area contributed by atoms with Crippen LogP contribution in [0, 0.1) is 40.9 Å². The van der Waals surface area contributed by atoms with Crippen LogP contribution in [-0.2, 0) is 4.74 Å². The van der Waals surface area contributed by atoms with Gasteiger partial charge in [-0.2, -0.15) is 0 Å². The van der Waals surface area contributed by atoms with E-state index < -0.39 is 0 Å². The van der Waals surface area contributed by atoms with Crippen LogP contribution in [0.2, 0.25) is 0 Å². The standard InChI is InChI=1S/C24H40.C5H10O/c1-6-10-19-15-18(8-3)23-21(20(19)11-7-2)12-13-24(9-4)16-17(5)14-22(23)24;1-4-5(2)6-3/h6,10,17-18,20-23H,1,7-9,11-16H2,2-5H3;2,4H2,1,3H3/b19-10-;/t17-,18?,20?,21?,22?,23?,24?;/m1./s1. The summed E-state index contributed by atoms with van der Waals surface area (Å²) in [5.41, 5.74) is 2.44. The second kappa shape index (κ2) is 11.6. The van der Waals surface area contributed by atoms with E-state index >= 15 is 0 Å². The SMILES string of the molecule is C=C(CC)OC.C=C/C=C1/CC(CC)C2C(CCC3(CC)C[C@H](C)CC23)C1CCC. The zero-order chi connectivity index (χ0) is 22.3. The van der Waals surface area contributed by atoms with Gasteiger partial charge in [-0.3, -0.25) is 0 Å². The zero-order valence-corrected chi connectivity index (χ0v) is 21.0. The Morgan fingerprint density at radius 3 is 2.47 bits per heavy atom. The van der Waals surface area contributed by atoms with E-state index in [1.807, 2.05) is 6.92 Å². The van der Waals surface area contributed by atoms with Gasteiger partial charge in [-0.1, -0.05) is 84.8 Å². The summed E-state index contributed by atoms with van der Waals surface area (Å²) >= 11 is 0. The first-order valence-electron chi connectivity index (χ1n) is 12.9. The average Bonchev–Trinajstić information content (AvgIpc) is 3.11. The fraction of sp³-hybridized carbons (Fsp3) is 0.793. The van der Waals surface area contributed by atoms with Gasteiger partial charge in [0.1, 0.15) is 0 Å². The Morgan fingerprint density at radius 1 is 1.23 bits per heavy atom. The molecule has 0 aromatic carbocycles. The van der Waals surface area contributed by atoms with E-state index in [2.05, 4.69) is 53.0 Å². The molecule has 0 radical (unpaired) electrons. The summed E-state index contributed by atoms with van der Waals surface area (Å²) in [5, 5.41) is 0. The number of methoxy groups -OCH3 is 1. The summed E-state index contributed by atoms with van der Waals surface area (Å²) in [6, 6.07) is 0. The predicted molar refractivity (Wildman–Crippen MR) is 132 cm³/mol. The minimum absolute atomic E-state index is 0.699. The Bertz CT molecular complexity index is 581. The van der Waals surface area contributed by atoms with Crippen LogP contribution >= 0.6 is 0 Å². The van der Waals surface area contributed by atoms with Gasteiger partial charge in [0.25, 0.3) is 0 Å². The van der Waals surface area contributed by atoms with Gasteiger partial charge < -0.3 is 4.74 Å². The van der Waals surface area contributed by atoms with Crippen LogP contribution in [0.4, 0.5) is 0 Å². The lowest BCUT2D eigenvalue weighted by Crippen LogP contribution is -2.48. The van der Waals surface area contributed by atoms with E-state index in [4.69, 9.17) is 4.74 Å². The minimum Gasteiger partial charge on any atom is -0.502 e. The first kappa shape index (κ1) is 25.3. The molecule has 3 saturated carbocycles. The van der Waals surface area contributed by atoms with E-state index in [-0.39, 0.29) is 0 Å². The van der Waals surface area contributed by atoms with Gasteiger partial charge in [0.05, 0.1) is 12.9 Å². The molecule has 0 amide bonds. The van der Waals surface area contributed by atoms with E-state index in [0.29, 0.717) is 5.41 Å². The van der Waals surface area contributed by atoms with Crippen molar-refractivity contribution in [2.45, 2.75) is 98.8 Å². The summed E-state index contributed by atoms with van der Waals surface area (Å²) in [6.07, 6.45) is 18.3. The Kier molecular flexibility index (Phi) is 9.76. The number of hydrogen-bond donors (Lipinski definition) is 0. The molecule has 30 heavy (non-hydrogen) atoms. The maximum atomic E-state index is 4.70. The highest BCUT2D eigenvalue weighted by molar-refractivity contribution is 5.21. The molecule has 0 aromatic heterocycles. The molecule has 0 aliphatic heterocycles. The molecular weight excluding hydrogens is 364 g/mol. The van der Waals surface area contributed by atoms with Crippen LogP contribution in [0.3, 0.4) is 0 Å². The first-order valence-corrected chi connectivity index (χ1v) is 12.9. The van der Waals surface area contributed by atoms with E-state index in [1.165, 1.54) is 57.8 Å². The second-order valence-electron chi connectivity index (χ2n) is 10.5. The highest BCUT2D eigenvalue weighted by Crippen LogP contribution is 2.65. The van der Waals surface area contributed by atoms with Crippen LogP contribution in [0.1, 0.15) is 98.8 Å². The van der Waals surface area contributed by atoms with Gasteiger partial charge >= 0.3 is 0 Å². The second-order valence-corrected chi connectivity index (χ2v) is 10.5. The van der Waals surface area contributed by atoms with Gasteiger partial charge in [0.15, 0.2) is 0 Å². The van der Waals surface area contributed by atoms with Gasteiger partial charge in [-0.15, -0.1) is 0 Å². The third-order valence-electron chi connectivity index (χ3n) is 9.01. The first-order chi connectivity index (χ1) is 14.4. The molecule has 3 rings (SSSR count). The molecule has 3 fully saturated rings. The van der Waals surface area contributed by atoms with Crippen LogP contribution < -0.4 is 0 Å². The molecule has 3 aliphatic rings. The molecular formula is C29H50O. The molecule has 3 aliphatic carbocycles. The van der Waals surface area contributed by atoms with Crippen molar-refractivity contribution in [3.8, 4) is 0 Å². The molecule has 1 nitrogen and oxygen atoms in total. The average molecular weight is 415 g/mol. The number of fused-ring (bicyclic) bond motifs is 3. The van der Waals surface area contributed by atoms with Gasteiger partial charge in [-0.25, -0.2) is 0 Å². The molecule has 0 N–H and O–H groups in total. The lowest BCUT2D eigenvalue weighted by molar-refractivity contribution is -0.0439. The monoisotopic (exact) mass is 414 g/mol. The summed E-state index contributed by atoms with van der Waals surface area (Å²) < 4.78 is 4.70. The summed E-state index contributed by atoms with van der Waals surface area (Å²) in [7, 11) is 1.63. The van der Waals surface area contributed by atoms with Crippen molar-refractivity contribution < 1.29 is 4.74 Å². The van der Waals surface area contributed by atoms with Crippen molar-refractivity contribution in [2.24, 2.45) is 40.9 Å². The Balaban J connectivity index is 0.000000469. The fourth-order valence-electron chi connectivity index (χ4n) is 7.62. The Hall–Kier alpha value is -0.980. The van der Waals surface area contributed by atoms with Crippen molar-refractivity contribution in [3.63, 3.8) is 0 Å². The van der Waals surface area contributed by atoms with Crippen molar-refractivity contribution >= 4 is 0 Å². The molecule has 0 heterocycles. The largest absolute Gasteiger partial charge is 0.502 e. The number of allylic oxidation sites excluding steroid dienone is 4.